The van der Waals surface area contributed by atoms with Gasteiger partial charge in [-0.25, -0.2) is 4.79 Å². The molecule has 0 aliphatic rings. The van der Waals surface area contributed by atoms with E-state index in [1.54, 1.807) is 48.5 Å². The van der Waals surface area contributed by atoms with E-state index in [0.717, 1.165) is 18.2 Å². The van der Waals surface area contributed by atoms with Crippen molar-refractivity contribution in [2.24, 2.45) is 0 Å². The van der Waals surface area contributed by atoms with E-state index >= 15 is 0 Å². The number of amides is 1. The van der Waals surface area contributed by atoms with Gasteiger partial charge in [0.1, 0.15) is 5.76 Å². The molecule has 6 nitrogen and oxygen atoms in total. The summed E-state index contributed by atoms with van der Waals surface area (Å²) < 4.78 is 16.2. The molecule has 2 aromatic carbocycles. The smallest absolute Gasteiger partial charge is 0.338 e. The van der Waals surface area contributed by atoms with Crippen molar-refractivity contribution in [2.45, 2.75) is 19.8 Å². The molecule has 0 bridgehead atoms. The second kappa shape index (κ2) is 9.98. The Morgan fingerprint density at radius 2 is 1.93 bits per heavy atom. The third kappa shape index (κ3) is 5.42. The number of halogens is 1. The zero-order valence-corrected chi connectivity index (χ0v) is 17.5. The number of fused-ring (bicyclic) bond motifs is 1. The largest absolute Gasteiger partial charge is 0.493 e. The van der Waals surface area contributed by atoms with Crippen LogP contribution in [0.1, 0.15) is 35.9 Å². The maximum absolute atomic E-state index is 12.2. The third-order valence-electron chi connectivity index (χ3n) is 4.30. The van der Waals surface area contributed by atoms with Crippen molar-refractivity contribution in [2.75, 3.05) is 19.0 Å². The quantitative estimate of drug-likeness (QED) is 0.283. The van der Waals surface area contributed by atoms with Crippen LogP contribution in [0.3, 0.4) is 0 Å². The lowest BCUT2D eigenvalue weighted by atomic mass is 10.2. The second-order valence-electron chi connectivity index (χ2n) is 6.56. The molecule has 1 heterocycles. The molecule has 0 spiro atoms. The lowest BCUT2D eigenvalue weighted by molar-refractivity contribution is -0.111. The van der Waals surface area contributed by atoms with Gasteiger partial charge < -0.3 is 19.2 Å². The zero-order valence-electron chi connectivity index (χ0n) is 16.7. The van der Waals surface area contributed by atoms with Gasteiger partial charge in [-0.15, -0.1) is 0 Å². The Kier molecular flexibility index (Phi) is 7.14. The zero-order chi connectivity index (χ0) is 21.5. The molecule has 0 saturated heterocycles. The first-order valence-corrected chi connectivity index (χ1v) is 9.91. The molecule has 0 fully saturated rings. The van der Waals surface area contributed by atoms with Gasteiger partial charge >= 0.3 is 5.97 Å². The van der Waals surface area contributed by atoms with Crippen molar-refractivity contribution in [1.29, 1.82) is 0 Å². The van der Waals surface area contributed by atoms with Crippen LogP contribution in [-0.2, 0) is 9.53 Å². The van der Waals surface area contributed by atoms with Gasteiger partial charge in [0.25, 0.3) is 0 Å². The van der Waals surface area contributed by atoms with E-state index < -0.39 is 0 Å². The van der Waals surface area contributed by atoms with Crippen molar-refractivity contribution in [3.05, 3.63) is 64.9 Å². The molecule has 7 heteroatoms. The first-order valence-electron chi connectivity index (χ1n) is 9.53. The monoisotopic (exact) mass is 427 g/mol. The van der Waals surface area contributed by atoms with Gasteiger partial charge in [-0.05, 0) is 48.9 Å². The number of furan rings is 1. The highest BCUT2D eigenvalue weighted by Gasteiger charge is 2.10. The minimum absolute atomic E-state index is 0.335. The Hall–Kier alpha value is -3.25. The van der Waals surface area contributed by atoms with Crippen molar-refractivity contribution in [1.82, 2.24) is 0 Å². The van der Waals surface area contributed by atoms with E-state index in [1.165, 1.54) is 13.2 Å². The van der Waals surface area contributed by atoms with Gasteiger partial charge in [0, 0.05) is 28.2 Å². The number of hydrogen-bond acceptors (Lipinski definition) is 5. The lowest BCUT2D eigenvalue weighted by Gasteiger charge is -2.05. The Bertz CT molecular complexity index is 1070. The number of methoxy groups -OCH3 is 1. The van der Waals surface area contributed by atoms with Gasteiger partial charge in [-0.1, -0.05) is 24.9 Å². The highest BCUT2D eigenvalue weighted by molar-refractivity contribution is 6.31. The fourth-order valence-electron chi connectivity index (χ4n) is 2.76. The number of benzene rings is 2. The number of esters is 1. The van der Waals surface area contributed by atoms with E-state index in [-0.39, 0.29) is 11.9 Å². The van der Waals surface area contributed by atoms with Gasteiger partial charge in [-0.2, -0.15) is 0 Å². The maximum Gasteiger partial charge on any atom is 0.338 e. The molecule has 0 atom stereocenters. The molecular weight excluding hydrogens is 406 g/mol. The molecule has 0 unspecified atom stereocenters. The van der Waals surface area contributed by atoms with Crippen LogP contribution in [0.25, 0.3) is 17.0 Å². The average Bonchev–Trinajstić information content (AvgIpc) is 3.15. The van der Waals surface area contributed by atoms with E-state index in [1.807, 2.05) is 6.92 Å². The van der Waals surface area contributed by atoms with Crippen LogP contribution >= 0.6 is 11.6 Å². The van der Waals surface area contributed by atoms with Gasteiger partial charge in [-0.3, -0.25) is 4.79 Å². The standard InChI is InChI=1S/C23H22ClNO5/c1-3-4-11-29-23(27)15-5-7-18(8-6-15)25-21(26)10-9-19-13-16-12-17(24)14-20(28-2)22(16)30-19/h5-10,12-14H,3-4,11H2,1-2H3,(H,25,26)/b10-9+. The van der Waals surface area contributed by atoms with Crippen molar-refractivity contribution < 1.29 is 23.5 Å². The fraction of sp³-hybridized carbons (Fsp3) is 0.217. The van der Waals surface area contributed by atoms with Crippen molar-refractivity contribution in [3.63, 3.8) is 0 Å². The predicted octanol–water partition coefficient (Wildman–Crippen LogP) is 5.70. The molecule has 1 aromatic heterocycles. The summed E-state index contributed by atoms with van der Waals surface area (Å²) in [5.41, 5.74) is 1.56. The summed E-state index contributed by atoms with van der Waals surface area (Å²) in [5, 5.41) is 4.04. The summed E-state index contributed by atoms with van der Waals surface area (Å²) in [6.07, 6.45) is 4.71. The first kappa shape index (κ1) is 21.5. The molecule has 30 heavy (non-hydrogen) atoms. The minimum atomic E-state index is -0.373. The molecule has 3 rings (SSSR count). The Morgan fingerprint density at radius 1 is 1.17 bits per heavy atom. The van der Waals surface area contributed by atoms with Gasteiger partial charge in [0.05, 0.1) is 19.3 Å². The highest BCUT2D eigenvalue weighted by Crippen LogP contribution is 2.32. The number of anilines is 1. The highest BCUT2D eigenvalue weighted by atomic mass is 35.5. The fourth-order valence-corrected chi connectivity index (χ4v) is 2.98. The summed E-state index contributed by atoms with van der Waals surface area (Å²) in [4.78, 5) is 24.1. The van der Waals surface area contributed by atoms with Crippen LogP contribution in [0.4, 0.5) is 5.69 Å². The van der Waals surface area contributed by atoms with Crippen LogP contribution < -0.4 is 10.1 Å². The molecular formula is C23H22ClNO5. The normalized spacial score (nSPS) is 11.0. The summed E-state index contributed by atoms with van der Waals surface area (Å²) >= 11 is 6.06. The van der Waals surface area contributed by atoms with E-state index in [4.69, 9.17) is 25.5 Å². The lowest BCUT2D eigenvalue weighted by Crippen LogP contribution is -2.09. The summed E-state index contributed by atoms with van der Waals surface area (Å²) in [6.45, 7) is 2.43. The molecule has 0 saturated carbocycles. The summed E-state index contributed by atoms with van der Waals surface area (Å²) in [5.74, 6) is 0.307. The van der Waals surface area contributed by atoms with Crippen LogP contribution in [0.2, 0.25) is 5.02 Å². The Morgan fingerprint density at radius 3 is 2.63 bits per heavy atom. The Labute approximate surface area is 179 Å². The topological polar surface area (TPSA) is 77.8 Å². The minimum Gasteiger partial charge on any atom is -0.493 e. The molecule has 0 radical (unpaired) electrons. The third-order valence-corrected chi connectivity index (χ3v) is 4.52. The van der Waals surface area contributed by atoms with Crippen molar-refractivity contribution in [3.8, 4) is 5.75 Å². The Balaban J connectivity index is 1.62. The second-order valence-corrected chi connectivity index (χ2v) is 7.00. The van der Waals surface area contributed by atoms with E-state index in [0.29, 0.717) is 40.0 Å². The number of carbonyl (C=O) groups excluding carboxylic acids is 2. The number of unbranched alkanes of at least 4 members (excludes halogenated alkanes) is 1. The molecule has 3 aromatic rings. The van der Waals surface area contributed by atoms with Gasteiger partial charge in [0.15, 0.2) is 11.3 Å². The average molecular weight is 428 g/mol. The molecule has 1 amide bonds. The maximum atomic E-state index is 12.2. The van der Waals surface area contributed by atoms with Crippen LogP contribution in [0.15, 0.2) is 53.0 Å². The van der Waals surface area contributed by atoms with E-state index in [9.17, 15) is 9.59 Å². The number of rotatable bonds is 8. The molecule has 0 aliphatic heterocycles. The molecule has 0 aliphatic carbocycles. The number of ether oxygens (including phenoxy) is 2. The van der Waals surface area contributed by atoms with E-state index in [2.05, 4.69) is 5.32 Å². The number of nitrogens with one attached hydrogen (secondary N) is 1. The number of carbonyl (C=O) groups is 2. The number of hydrogen-bond donors (Lipinski definition) is 1. The van der Waals surface area contributed by atoms with Crippen LogP contribution in [0.5, 0.6) is 5.75 Å². The van der Waals surface area contributed by atoms with Crippen molar-refractivity contribution >= 4 is 46.2 Å². The summed E-state index contributed by atoms with van der Waals surface area (Å²) in [7, 11) is 1.53. The summed E-state index contributed by atoms with van der Waals surface area (Å²) in [6, 6.07) is 11.7. The first-order chi connectivity index (χ1) is 14.5. The SMILES string of the molecule is CCCCOC(=O)c1ccc(NC(=O)/C=C/c2cc3cc(Cl)cc(OC)c3o2)cc1. The molecule has 1 N–H and O–H groups in total. The molecule has 156 valence electrons. The van der Waals surface area contributed by atoms with Gasteiger partial charge in [0.2, 0.25) is 5.91 Å². The van der Waals surface area contributed by atoms with Crippen LogP contribution in [-0.4, -0.2) is 25.6 Å². The van der Waals surface area contributed by atoms with Crippen LogP contribution in [0, 0.1) is 0 Å². The predicted molar refractivity (Wildman–Crippen MR) is 117 cm³/mol.